The summed E-state index contributed by atoms with van der Waals surface area (Å²) in [6.45, 7) is 0. The number of halogens is 28. The van der Waals surface area contributed by atoms with Gasteiger partial charge < -0.3 is 0 Å². The number of hydrogen-bond donors (Lipinski definition) is 0. The van der Waals surface area contributed by atoms with Crippen LogP contribution in [0.25, 0.3) is 0 Å². The molecule has 3 aliphatic carbocycles. The van der Waals surface area contributed by atoms with Crippen LogP contribution < -0.4 is 0 Å². The van der Waals surface area contributed by atoms with Crippen molar-refractivity contribution in [2.75, 3.05) is 0 Å². The highest BCUT2D eigenvalue weighted by Crippen LogP contribution is 2.86. The van der Waals surface area contributed by atoms with Gasteiger partial charge in [-0.2, -0.15) is 105 Å². The monoisotopic (exact) mass is 724 g/mol. The lowest BCUT2D eigenvalue weighted by atomic mass is 9.45. The first-order valence-electron chi connectivity index (χ1n) is 9.79. The minimum Gasteiger partial charge on any atom is -0.229 e. The van der Waals surface area contributed by atoms with Crippen LogP contribution in [-0.2, 0) is 0 Å². The summed E-state index contributed by atoms with van der Waals surface area (Å²) < 4.78 is 399. The maximum absolute atomic E-state index is 15.8. The van der Waals surface area contributed by atoms with Crippen molar-refractivity contribution in [1.82, 2.24) is 0 Å². The zero-order valence-corrected chi connectivity index (χ0v) is 18.6. The first kappa shape index (κ1) is 36.5. The van der Waals surface area contributed by atoms with E-state index in [0.717, 1.165) is 0 Å². The molecule has 0 spiro atoms. The third-order valence-electron chi connectivity index (χ3n) is 7.57. The van der Waals surface area contributed by atoms with Crippen LogP contribution in [0.1, 0.15) is 0 Å². The molecule has 28 heteroatoms. The van der Waals surface area contributed by atoms with Crippen LogP contribution >= 0.6 is 0 Å². The van der Waals surface area contributed by atoms with E-state index >= 15 is 17.6 Å². The molecule has 0 N–H and O–H groups in total. The first-order valence-corrected chi connectivity index (χ1v) is 9.79. The number of hydrogen-bond acceptors (Lipinski definition) is 0. The molecule has 0 radical (unpaired) electrons. The molecule has 3 saturated carbocycles. The highest BCUT2D eigenvalue weighted by molar-refractivity contribution is 5.50. The second kappa shape index (κ2) is 7.44. The molecule has 0 aromatic heterocycles. The van der Waals surface area contributed by atoms with Crippen LogP contribution in [0.2, 0.25) is 0 Å². The molecule has 3 aliphatic rings. The third kappa shape index (κ3) is 2.38. The predicted molar refractivity (Wildman–Crippen MR) is 74.7 cm³/mol. The Labute approximate surface area is 218 Å². The molecular formula is C16F28. The Kier molecular flexibility index (Phi) is 6.17. The quantitative estimate of drug-likeness (QED) is 0.238. The minimum absolute atomic E-state index is 8.85. The highest BCUT2D eigenvalue weighted by Gasteiger charge is 3.20. The zero-order valence-electron chi connectivity index (χ0n) is 18.6. The van der Waals surface area contributed by atoms with Gasteiger partial charge in [0.25, 0.3) is 22.7 Å². The van der Waals surface area contributed by atoms with E-state index in [1.54, 1.807) is 0 Å². The van der Waals surface area contributed by atoms with E-state index in [1.165, 1.54) is 0 Å². The van der Waals surface area contributed by atoms with Crippen LogP contribution in [0.3, 0.4) is 0 Å². The van der Waals surface area contributed by atoms with E-state index in [-0.39, 0.29) is 0 Å². The summed E-state index contributed by atoms with van der Waals surface area (Å²) in [7, 11) is 0. The van der Waals surface area contributed by atoms with Gasteiger partial charge in [0.15, 0.2) is 0 Å². The average Bonchev–Trinajstić information content (AvgIpc) is 2.82. The Hall–Kier alpha value is -1.96. The number of rotatable bonds is 1. The standard InChI is InChI=1S/C16F28/c17-1(4(20)9(29,30)14(39,40)16(43,44)15(41,42)10(4,31)32)2(18)3(19,7(25,26)11(33,34)5(1,21)22)8(27,28)13(37,38)12(35,36)6(2,23)24. The second-order valence-electron chi connectivity index (χ2n) is 9.53. The van der Waals surface area contributed by atoms with Gasteiger partial charge in [-0.1, -0.05) is 0 Å². The van der Waals surface area contributed by atoms with Crippen LogP contribution in [0.15, 0.2) is 0 Å². The average molecular weight is 724 g/mol. The molecule has 3 unspecified atom stereocenters. The fourth-order valence-corrected chi connectivity index (χ4v) is 5.08. The van der Waals surface area contributed by atoms with E-state index < -0.39 is 93.7 Å². The van der Waals surface area contributed by atoms with Crippen molar-refractivity contribution in [3.8, 4) is 0 Å². The third-order valence-corrected chi connectivity index (χ3v) is 7.57. The van der Waals surface area contributed by atoms with Gasteiger partial charge in [0.05, 0.1) is 0 Å². The van der Waals surface area contributed by atoms with Crippen LogP contribution in [0.5, 0.6) is 0 Å². The van der Waals surface area contributed by atoms with Crippen molar-refractivity contribution in [2.45, 2.75) is 93.7 Å². The van der Waals surface area contributed by atoms with Crippen molar-refractivity contribution in [2.24, 2.45) is 0 Å². The number of fused-ring (bicyclic) bond motifs is 1. The predicted octanol–water partition coefficient (Wildman–Crippen LogP) is 8.48. The summed E-state index contributed by atoms with van der Waals surface area (Å²) in [6.07, 6.45) is 0. The Bertz CT molecular complexity index is 1220. The molecule has 0 saturated heterocycles. The summed E-state index contributed by atoms with van der Waals surface area (Å²) in [4.78, 5) is 0. The maximum Gasteiger partial charge on any atom is 0.384 e. The minimum atomic E-state index is -10.7. The van der Waals surface area contributed by atoms with Gasteiger partial charge in [0.2, 0.25) is 0 Å². The van der Waals surface area contributed by atoms with Crippen molar-refractivity contribution < 1.29 is 123 Å². The molecule has 3 atom stereocenters. The largest absolute Gasteiger partial charge is 0.384 e. The normalized spacial score (nSPS) is 43.4. The van der Waals surface area contributed by atoms with Crippen LogP contribution in [0.4, 0.5) is 123 Å². The zero-order chi connectivity index (χ0) is 36.0. The second-order valence-corrected chi connectivity index (χ2v) is 9.53. The molecule has 0 amide bonds. The van der Waals surface area contributed by atoms with Crippen molar-refractivity contribution >= 4 is 0 Å². The molecular weight excluding hydrogens is 724 g/mol. The van der Waals surface area contributed by atoms with Gasteiger partial charge in [-0.15, -0.1) is 0 Å². The van der Waals surface area contributed by atoms with Crippen LogP contribution in [0, 0.1) is 0 Å². The molecule has 0 aliphatic heterocycles. The van der Waals surface area contributed by atoms with Gasteiger partial charge in [0.1, 0.15) is 0 Å². The first-order chi connectivity index (χ1) is 18.5. The highest BCUT2D eigenvalue weighted by atomic mass is 19.4. The molecule has 260 valence electrons. The summed E-state index contributed by atoms with van der Waals surface area (Å²) >= 11 is 0. The molecule has 0 aromatic rings. The van der Waals surface area contributed by atoms with E-state index in [2.05, 4.69) is 0 Å². The smallest absolute Gasteiger partial charge is 0.229 e. The van der Waals surface area contributed by atoms with E-state index in [9.17, 15) is 105 Å². The van der Waals surface area contributed by atoms with Gasteiger partial charge in [-0.05, 0) is 0 Å². The topological polar surface area (TPSA) is 0 Å². The van der Waals surface area contributed by atoms with E-state index in [4.69, 9.17) is 0 Å². The van der Waals surface area contributed by atoms with E-state index in [1.807, 2.05) is 0 Å². The van der Waals surface area contributed by atoms with Crippen molar-refractivity contribution in [3.05, 3.63) is 0 Å². The van der Waals surface area contributed by atoms with Crippen LogP contribution in [-0.4, -0.2) is 93.7 Å². The summed E-state index contributed by atoms with van der Waals surface area (Å²) in [5, 5.41) is 0. The fourth-order valence-electron chi connectivity index (χ4n) is 5.08. The molecule has 0 heterocycles. The fraction of sp³-hybridized carbons (Fsp3) is 1.00. The number of alkyl halides is 28. The Morgan fingerprint density at radius 3 is 0.364 bits per heavy atom. The maximum atomic E-state index is 15.8. The summed E-state index contributed by atoms with van der Waals surface area (Å²) in [5.41, 5.74) is -41.5. The van der Waals surface area contributed by atoms with E-state index in [0.29, 0.717) is 0 Å². The lowest BCUT2D eigenvalue weighted by Gasteiger charge is -2.68. The summed E-state index contributed by atoms with van der Waals surface area (Å²) in [6, 6.07) is 0. The molecule has 44 heavy (non-hydrogen) atoms. The van der Waals surface area contributed by atoms with Gasteiger partial charge in [-0.3, -0.25) is 0 Å². The molecule has 0 nitrogen and oxygen atoms in total. The van der Waals surface area contributed by atoms with Gasteiger partial charge >= 0.3 is 71.1 Å². The Morgan fingerprint density at radius 1 is 0.114 bits per heavy atom. The molecule has 0 aromatic carbocycles. The lowest BCUT2D eigenvalue weighted by Crippen LogP contribution is -3.04. The summed E-state index contributed by atoms with van der Waals surface area (Å²) in [5.74, 6) is -114. The van der Waals surface area contributed by atoms with Gasteiger partial charge in [0, 0.05) is 0 Å². The molecule has 3 fully saturated rings. The van der Waals surface area contributed by atoms with Crippen molar-refractivity contribution in [1.29, 1.82) is 0 Å². The lowest BCUT2D eigenvalue weighted by molar-refractivity contribution is -0.579. The molecule has 0 bridgehead atoms. The van der Waals surface area contributed by atoms with Gasteiger partial charge in [-0.25, -0.2) is 17.6 Å². The Balaban J connectivity index is 2.90. The SMILES string of the molecule is FC1(F)C(F)(F)C(F)(F)C(F)(C2(F)C(F)(F)C(F)(F)C(F)(F)C3(F)C(F)(F)C(F)(F)C(F)(F)C(F)(F)C32F)C(F)(F)C1(F)F. The Morgan fingerprint density at radius 2 is 0.205 bits per heavy atom. The van der Waals surface area contributed by atoms with Crippen molar-refractivity contribution in [3.63, 3.8) is 0 Å². The molecule has 3 rings (SSSR count).